The van der Waals surface area contributed by atoms with Crippen LogP contribution in [0, 0.1) is 0 Å². The molecule has 1 N–H and O–H groups in total. The zero-order chi connectivity index (χ0) is 12.3. The van der Waals surface area contributed by atoms with Crippen LogP contribution in [0.5, 0.6) is 5.75 Å². The summed E-state index contributed by atoms with van der Waals surface area (Å²) in [6.45, 7) is 1.87. The Morgan fingerprint density at radius 3 is 2.89 bits per heavy atom. The number of hydrogen-bond acceptors (Lipinski definition) is 3. The molecule has 0 bridgehead atoms. The molecular weight excluding hydrogens is 252 g/mol. The van der Waals surface area contributed by atoms with Crippen molar-refractivity contribution >= 4 is 18.3 Å². The fourth-order valence-corrected chi connectivity index (χ4v) is 2.10. The summed E-state index contributed by atoms with van der Waals surface area (Å²) in [5.74, 6) is 0.770. The Bertz CT molecular complexity index is 406. The SMILES string of the molecule is COc1cccc(C(=O)N(C)[C@@H]2CCNC2)c1.Cl. The van der Waals surface area contributed by atoms with Crippen molar-refractivity contribution in [1.29, 1.82) is 0 Å². The van der Waals surface area contributed by atoms with Gasteiger partial charge < -0.3 is 15.0 Å². The molecule has 1 aliphatic heterocycles. The molecule has 1 atom stereocenters. The molecule has 0 unspecified atom stereocenters. The summed E-state index contributed by atoms with van der Waals surface area (Å²) in [4.78, 5) is 14.1. The van der Waals surface area contributed by atoms with Gasteiger partial charge in [0.2, 0.25) is 0 Å². The first-order valence-electron chi connectivity index (χ1n) is 5.84. The first-order valence-corrected chi connectivity index (χ1v) is 5.84. The highest BCUT2D eigenvalue weighted by Crippen LogP contribution is 2.16. The van der Waals surface area contributed by atoms with Crippen LogP contribution in [0.2, 0.25) is 0 Å². The number of carbonyl (C=O) groups excluding carboxylic acids is 1. The predicted octanol–water partition coefficient (Wildman–Crippen LogP) is 1.55. The third kappa shape index (κ3) is 3.15. The molecule has 1 heterocycles. The van der Waals surface area contributed by atoms with Gasteiger partial charge in [-0.1, -0.05) is 6.07 Å². The third-order valence-corrected chi connectivity index (χ3v) is 3.22. The van der Waals surface area contributed by atoms with E-state index in [1.807, 2.05) is 30.1 Å². The molecule has 2 rings (SSSR count). The van der Waals surface area contributed by atoms with Gasteiger partial charge in [0, 0.05) is 25.2 Å². The Labute approximate surface area is 114 Å². The van der Waals surface area contributed by atoms with Crippen molar-refractivity contribution in [1.82, 2.24) is 10.2 Å². The highest BCUT2D eigenvalue weighted by Gasteiger charge is 2.23. The highest BCUT2D eigenvalue weighted by atomic mass is 35.5. The molecule has 0 aromatic heterocycles. The Hall–Kier alpha value is -1.26. The van der Waals surface area contributed by atoms with Crippen molar-refractivity contribution in [3.8, 4) is 5.75 Å². The van der Waals surface area contributed by atoms with Gasteiger partial charge in [-0.3, -0.25) is 4.79 Å². The van der Waals surface area contributed by atoms with Gasteiger partial charge >= 0.3 is 0 Å². The lowest BCUT2D eigenvalue weighted by Crippen LogP contribution is -2.38. The van der Waals surface area contributed by atoms with Crippen molar-refractivity contribution in [3.05, 3.63) is 29.8 Å². The van der Waals surface area contributed by atoms with E-state index in [2.05, 4.69) is 5.32 Å². The quantitative estimate of drug-likeness (QED) is 0.906. The Kier molecular flexibility index (Phi) is 5.44. The van der Waals surface area contributed by atoms with Gasteiger partial charge in [-0.05, 0) is 31.2 Å². The zero-order valence-corrected chi connectivity index (χ0v) is 11.5. The van der Waals surface area contributed by atoms with E-state index in [-0.39, 0.29) is 18.3 Å². The number of ether oxygens (including phenoxy) is 1. The highest BCUT2D eigenvalue weighted by molar-refractivity contribution is 5.94. The summed E-state index contributed by atoms with van der Waals surface area (Å²) in [7, 11) is 3.47. The van der Waals surface area contributed by atoms with E-state index in [0.29, 0.717) is 17.4 Å². The van der Waals surface area contributed by atoms with Gasteiger partial charge in [0.1, 0.15) is 5.75 Å². The number of likely N-dealkylation sites (N-methyl/N-ethyl adjacent to an activating group) is 1. The maximum atomic E-state index is 12.2. The fourth-order valence-electron chi connectivity index (χ4n) is 2.10. The molecule has 0 radical (unpaired) electrons. The number of benzene rings is 1. The van der Waals surface area contributed by atoms with E-state index < -0.39 is 0 Å². The number of nitrogens with zero attached hydrogens (tertiary/aromatic N) is 1. The normalized spacial score (nSPS) is 18.0. The van der Waals surface area contributed by atoms with E-state index in [4.69, 9.17) is 4.74 Å². The molecule has 1 saturated heterocycles. The fraction of sp³-hybridized carbons (Fsp3) is 0.462. The van der Waals surface area contributed by atoms with Crippen LogP contribution in [0.1, 0.15) is 16.8 Å². The topological polar surface area (TPSA) is 41.6 Å². The van der Waals surface area contributed by atoms with E-state index >= 15 is 0 Å². The molecule has 18 heavy (non-hydrogen) atoms. The van der Waals surface area contributed by atoms with Crippen LogP contribution < -0.4 is 10.1 Å². The molecule has 0 saturated carbocycles. The summed E-state index contributed by atoms with van der Waals surface area (Å²) in [5, 5.41) is 3.26. The average Bonchev–Trinajstić information content (AvgIpc) is 2.91. The molecule has 1 amide bonds. The minimum atomic E-state index is 0. The summed E-state index contributed by atoms with van der Waals surface area (Å²) in [5.41, 5.74) is 0.679. The smallest absolute Gasteiger partial charge is 0.254 e. The second-order valence-corrected chi connectivity index (χ2v) is 4.29. The average molecular weight is 271 g/mol. The lowest BCUT2D eigenvalue weighted by atomic mass is 10.1. The van der Waals surface area contributed by atoms with Crippen molar-refractivity contribution in [3.63, 3.8) is 0 Å². The summed E-state index contributed by atoms with van der Waals surface area (Å²) in [6.07, 6.45) is 1.02. The van der Waals surface area contributed by atoms with E-state index in [1.165, 1.54) is 0 Å². The number of methoxy groups -OCH3 is 1. The number of carbonyl (C=O) groups is 1. The maximum Gasteiger partial charge on any atom is 0.254 e. The van der Waals surface area contributed by atoms with E-state index in [9.17, 15) is 4.79 Å². The Morgan fingerprint density at radius 1 is 1.50 bits per heavy atom. The third-order valence-electron chi connectivity index (χ3n) is 3.22. The van der Waals surface area contributed by atoms with Crippen LogP contribution in [0.4, 0.5) is 0 Å². The maximum absolute atomic E-state index is 12.2. The number of hydrogen-bond donors (Lipinski definition) is 1. The van der Waals surface area contributed by atoms with Crippen molar-refractivity contribution in [2.24, 2.45) is 0 Å². The van der Waals surface area contributed by atoms with Crippen LogP contribution in [-0.2, 0) is 0 Å². The summed E-state index contributed by atoms with van der Waals surface area (Å²) >= 11 is 0. The first kappa shape index (κ1) is 14.8. The van der Waals surface area contributed by atoms with E-state index in [0.717, 1.165) is 19.5 Å². The minimum absolute atomic E-state index is 0. The van der Waals surface area contributed by atoms with E-state index in [1.54, 1.807) is 13.2 Å². The second kappa shape index (κ2) is 6.61. The number of nitrogens with one attached hydrogen (secondary N) is 1. The molecule has 1 aromatic carbocycles. The Morgan fingerprint density at radius 2 is 2.28 bits per heavy atom. The van der Waals surface area contributed by atoms with Crippen molar-refractivity contribution in [2.45, 2.75) is 12.5 Å². The van der Waals surface area contributed by atoms with Gasteiger partial charge in [0.15, 0.2) is 0 Å². The molecule has 1 aromatic rings. The zero-order valence-electron chi connectivity index (χ0n) is 10.7. The molecule has 4 nitrogen and oxygen atoms in total. The lowest BCUT2D eigenvalue weighted by molar-refractivity contribution is 0.0743. The lowest BCUT2D eigenvalue weighted by Gasteiger charge is -2.23. The largest absolute Gasteiger partial charge is 0.497 e. The van der Waals surface area contributed by atoms with Crippen LogP contribution in [-0.4, -0.2) is 44.1 Å². The van der Waals surface area contributed by atoms with Crippen LogP contribution in [0.3, 0.4) is 0 Å². The molecule has 5 heteroatoms. The van der Waals surface area contributed by atoms with Crippen molar-refractivity contribution in [2.75, 3.05) is 27.2 Å². The molecule has 1 aliphatic rings. The molecular formula is C13H19ClN2O2. The minimum Gasteiger partial charge on any atom is -0.497 e. The number of amides is 1. The van der Waals surface area contributed by atoms with Crippen molar-refractivity contribution < 1.29 is 9.53 Å². The number of halogens is 1. The Balaban J connectivity index is 0.00000162. The van der Waals surface area contributed by atoms with Crippen LogP contribution in [0.15, 0.2) is 24.3 Å². The van der Waals surface area contributed by atoms with Gasteiger partial charge in [0.05, 0.1) is 7.11 Å². The molecule has 0 spiro atoms. The van der Waals surface area contributed by atoms with Gasteiger partial charge in [0.25, 0.3) is 5.91 Å². The van der Waals surface area contributed by atoms with Gasteiger partial charge in [-0.15, -0.1) is 12.4 Å². The summed E-state index contributed by atoms with van der Waals surface area (Å²) in [6, 6.07) is 7.58. The van der Waals surface area contributed by atoms with Gasteiger partial charge in [-0.25, -0.2) is 0 Å². The predicted molar refractivity (Wildman–Crippen MR) is 73.6 cm³/mol. The number of rotatable bonds is 3. The first-order chi connectivity index (χ1) is 8.22. The standard InChI is InChI=1S/C13H18N2O2.ClH/c1-15(11-6-7-14-9-11)13(16)10-4-3-5-12(8-10)17-2;/h3-5,8,11,14H,6-7,9H2,1-2H3;1H/t11-;/m1./s1. The second-order valence-electron chi connectivity index (χ2n) is 4.29. The monoisotopic (exact) mass is 270 g/mol. The molecule has 100 valence electrons. The van der Waals surface area contributed by atoms with Crippen LogP contribution in [0.25, 0.3) is 0 Å². The van der Waals surface area contributed by atoms with Crippen LogP contribution >= 0.6 is 12.4 Å². The summed E-state index contributed by atoms with van der Waals surface area (Å²) < 4.78 is 5.13. The van der Waals surface area contributed by atoms with Gasteiger partial charge in [-0.2, -0.15) is 0 Å². The molecule has 1 fully saturated rings. The molecule has 0 aliphatic carbocycles.